The average molecular weight is 352 g/mol. The highest BCUT2D eigenvalue weighted by Crippen LogP contribution is 2.60. The second-order valence-corrected chi connectivity index (χ2v) is 8.42. The molecule has 5 unspecified atom stereocenters. The zero-order valence-corrected chi connectivity index (χ0v) is 15.5. The minimum absolute atomic E-state index is 0.320. The number of esters is 2. The topological polar surface area (TPSA) is 56.5 Å². The van der Waals surface area contributed by atoms with Gasteiger partial charge >= 0.3 is 11.9 Å². The molecule has 0 spiro atoms. The fraction of sp³-hybridized carbons (Fsp3) is 0.545. The lowest BCUT2D eigenvalue weighted by molar-refractivity contribution is -0.151. The highest BCUT2D eigenvalue weighted by Gasteiger charge is 2.53. The molecule has 1 saturated heterocycles. The Morgan fingerprint density at radius 3 is 2.54 bits per heavy atom. The Kier molecular flexibility index (Phi) is 3.37. The van der Waals surface area contributed by atoms with E-state index in [0.29, 0.717) is 29.1 Å². The van der Waals surface area contributed by atoms with Crippen LogP contribution in [0, 0.1) is 37.5 Å². The molecule has 136 valence electrons. The van der Waals surface area contributed by atoms with Crippen molar-refractivity contribution in [2.24, 2.45) is 23.7 Å². The van der Waals surface area contributed by atoms with Gasteiger partial charge in [0, 0.05) is 11.5 Å². The summed E-state index contributed by atoms with van der Waals surface area (Å²) in [6.45, 7) is 5.83. The number of hydrogen-bond donors (Lipinski definition) is 0. The molecule has 0 amide bonds. The normalized spacial score (nSPS) is 40.0. The number of allylic oxidation sites excluding steroid dienone is 3. The van der Waals surface area contributed by atoms with Crippen molar-refractivity contribution < 1.29 is 18.7 Å². The zero-order valence-electron chi connectivity index (χ0n) is 15.5. The van der Waals surface area contributed by atoms with Crippen molar-refractivity contribution in [3.63, 3.8) is 0 Å². The van der Waals surface area contributed by atoms with Gasteiger partial charge in [-0.2, -0.15) is 0 Å². The molecular formula is C22H24O4. The monoisotopic (exact) mass is 352 g/mol. The molecule has 5 atom stereocenters. The van der Waals surface area contributed by atoms with Gasteiger partial charge in [0.25, 0.3) is 0 Å². The summed E-state index contributed by atoms with van der Waals surface area (Å²) in [6, 6.07) is 1.88. The number of hydrogen-bond acceptors (Lipinski definition) is 4. The van der Waals surface area contributed by atoms with Crippen molar-refractivity contribution in [1.29, 1.82) is 0 Å². The second-order valence-electron chi connectivity index (χ2n) is 8.42. The molecule has 6 rings (SSSR count). The molecule has 4 heteroatoms. The number of furan rings is 1. The smallest absolute Gasteiger partial charge is 0.342 e. The molecule has 26 heavy (non-hydrogen) atoms. The number of aryl methyl sites for hydroxylation is 2. The predicted molar refractivity (Wildman–Crippen MR) is 95.2 cm³/mol. The Labute approximate surface area is 153 Å². The number of ether oxygens (including phenoxy) is 1. The molecule has 4 saturated carbocycles. The standard InChI is InChI=1S/C22H24O4/c1-4-15-13-6-12-7-14(9-13)18(17(15)8-12)20-19(21(23)26-22(20)24)16-5-10(2)25-11(16)3/h4-5,12-14,17,19H,6-9H2,1-3H3/b15-4?,20-18+. The first-order chi connectivity index (χ1) is 12.5. The fourth-order valence-electron chi connectivity index (χ4n) is 6.29. The summed E-state index contributed by atoms with van der Waals surface area (Å²) in [5.41, 5.74) is 4.08. The van der Waals surface area contributed by atoms with E-state index in [0.717, 1.165) is 36.5 Å². The van der Waals surface area contributed by atoms with Gasteiger partial charge in [-0.3, -0.25) is 4.79 Å². The number of carbonyl (C=O) groups excluding carboxylic acids is 2. The molecule has 4 nitrogen and oxygen atoms in total. The van der Waals surface area contributed by atoms with Gasteiger partial charge in [-0.25, -0.2) is 4.79 Å². The maximum atomic E-state index is 12.8. The van der Waals surface area contributed by atoms with Crippen LogP contribution in [0.5, 0.6) is 0 Å². The van der Waals surface area contributed by atoms with Crippen LogP contribution in [0.1, 0.15) is 55.6 Å². The highest BCUT2D eigenvalue weighted by atomic mass is 16.6. The summed E-state index contributed by atoms with van der Waals surface area (Å²) in [7, 11) is 0. The van der Waals surface area contributed by atoms with E-state index >= 15 is 0 Å². The Balaban J connectivity index is 1.70. The second kappa shape index (κ2) is 5.45. The minimum Gasteiger partial charge on any atom is -0.466 e. The summed E-state index contributed by atoms with van der Waals surface area (Å²) >= 11 is 0. The predicted octanol–water partition coefficient (Wildman–Crippen LogP) is 4.37. The third kappa shape index (κ3) is 2.07. The fourth-order valence-corrected chi connectivity index (χ4v) is 6.29. The zero-order chi connectivity index (χ0) is 18.2. The average Bonchev–Trinajstić information content (AvgIpc) is 3.05. The van der Waals surface area contributed by atoms with Gasteiger partial charge in [-0.1, -0.05) is 11.6 Å². The van der Waals surface area contributed by atoms with Crippen LogP contribution < -0.4 is 0 Å². The van der Waals surface area contributed by atoms with Crippen molar-refractivity contribution in [2.45, 2.75) is 52.4 Å². The molecule has 0 radical (unpaired) electrons. The summed E-state index contributed by atoms with van der Waals surface area (Å²) in [6.07, 6.45) is 6.92. The van der Waals surface area contributed by atoms with E-state index in [9.17, 15) is 9.59 Å². The van der Waals surface area contributed by atoms with Crippen molar-refractivity contribution in [1.82, 2.24) is 0 Å². The van der Waals surface area contributed by atoms with Crippen LogP contribution in [-0.4, -0.2) is 11.9 Å². The van der Waals surface area contributed by atoms with Crippen LogP contribution in [0.15, 0.2) is 33.3 Å². The summed E-state index contributed by atoms with van der Waals surface area (Å²) in [4.78, 5) is 25.4. The van der Waals surface area contributed by atoms with Crippen LogP contribution in [0.3, 0.4) is 0 Å². The van der Waals surface area contributed by atoms with E-state index in [1.807, 2.05) is 19.9 Å². The lowest BCUT2D eigenvalue weighted by atomic mass is 9.51. The van der Waals surface area contributed by atoms with Crippen LogP contribution in [0.2, 0.25) is 0 Å². The Morgan fingerprint density at radius 1 is 1.08 bits per heavy atom. The Bertz CT molecular complexity index is 884. The van der Waals surface area contributed by atoms with Crippen LogP contribution in [-0.2, 0) is 14.3 Å². The SMILES string of the molecule is CC=C1C2CC3CC(C2)/C(=C2\C(=O)OC(=O)C2c2cc(C)oc2C)C1C3. The van der Waals surface area contributed by atoms with Gasteiger partial charge in [-0.05, 0) is 75.8 Å². The van der Waals surface area contributed by atoms with Crippen LogP contribution in [0.4, 0.5) is 0 Å². The highest BCUT2D eigenvalue weighted by molar-refractivity contribution is 6.11. The number of rotatable bonds is 1. The largest absolute Gasteiger partial charge is 0.466 e. The molecule has 0 N–H and O–H groups in total. The van der Waals surface area contributed by atoms with Crippen molar-refractivity contribution in [3.05, 3.63) is 45.9 Å². The molecule has 1 aromatic heterocycles. The van der Waals surface area contributed by atoms with E-state index in [4.69, 9.17) is 9.15 Å². The third-order valence-corrected chi connectivity index (χ3v) is 7.04. The first kappa shape index (κ1) is 16.1. The third-order valence-electron chi connectivity index (χ3n) is 7.04. The summed E-state index contributed by atoms with van der Waals surface area (Å²) < 4.78 is 10.8. The van der Waals surface area contributed by atoms with Gasteiger partial charge < -0.3 is 9.15 Å². The first-order valence-electron chi connectivity index (χ1n) is 9.70. The lowest BCUT2D eigenvalue weighted by Gasteiger charge is -2.53. The minimum atomic E-state index is -0.620. The lowest BCUT2D eigenvalue weighted by Crippen LogP contribution is -2.43. The summed E-state index contributed by atoms with van der Waals surface area (Å²) in [5.74, 6) is 2.13. The van der Waals surface area contributed by atoms with Gasteiger partial charge in [0.05, 0.1) is 5.57 Å². The Morgan fingerprint density at radius 2 is 1.85 bits per heavy atom. The van der Waals surface area contributed by atoms with E-state index in [2.05, 4.69) is 13.0 Å². The van der Waals surface area contributed by atoms with Crippen molar-refractivity contribution in [3.8, 4) is 0 Å². The summed E-state index contributed by atoms with van der Waals surface area (Å²) in [5, 5.41) is 0. The molecule has 1 aromatic rings. The molecular weight excluding hydrogens is 328 g/mol. The van der Waals surface area contributed by atoms with E-state index < -0.39 is 17.9 Å². The quantitative estimate of drug-likeness (QED) is 0.326. The van der Waals surface area contributed by atoms with Crippen molar-refractivity contribution in [2.75, 3.05) is 0 Å². The van der Waals surface area contributed by atoms with Crippen molar-refractivity contribution >= 4 is 11.9 Å². The number of cyclic esters (lactones) is 2. The molecule has 4 bridgehead atoms. The van der Waals surface area contributed by atoms with E-state index in [1.165, 1.54) is 17.6 Å². The van der Waals surface area contributed by atoms with E-state index in [-0.39, 0.29) is 0 Å². The van der Waals surface area contributed by atoms with Crippen LogP contribution in [0.25, 0.3) is 0 Å². The van der Waals surface area contributed by atoms with Gasteiger partial charge in [0.1, 0.15) is 17.4 Å². The Hall–Kier alpha value is -2.10. The molecule has 5 fully saturated rings. The maximum absolute atomic E-state index is 12.8. The number of carbonyl (C=O) groups is 2. The molecule has 4 aliphatic carbocycles. The maximum Gasteiger partial charge on any atom is 0.342 e. The molecule has 2 heterocycles. The molecule has 5 aliphatic rings. The van der Waals surface area contributed by atoms with Gasteiger partial charge in [0.15, 0.2) is 0 Å². The molecule has 0 aromatic carbocycles. The van der Waals surface area contributed by atoms with Gasteiger partial charge in [0.2, 0.25) is 0 Å². The van der Waals surface area contributed by atoms with Crippen LogP contribution >= 0.6 is 0 Å². The van der Waals surface area contributed by atoms with E-state index in [1.54, 1.807) is 0 Å². The first-order valence-corrected chi connectivity index (χ1v) is 9.70. The van der Waals surface area contributed by atoms with Gasteiger partial charge in [-0.15, -0.1) is 0 Å². The molecule has 1 aliphatic heterocycles.